The number of aliphatic carboxylic acids is 1. The molecular formula is C10H10F6O2. The molecule has 0 radical (unpaired) electrons. The van der Waals surface area contributed by atoms with Crippen molar-refractivity contribution in [3.05, 3.63) is 12.2 Å². The summed E-state index contributed by atoms with van der Waals surface area (Å²) in [6, 6.07) is 0. The number of hydrogen-bond acceptors (Lipinski definition) is 1. The largest absolute Gasteiger partial charge is 0.479 e. The summed E-state index contributed by atoms with van der Waals surface area (Å²) in [6.07, 6.45) is -2.71. The van der Waals surface area contributed by atoms with Crippen LogP contribution in [0.3, 0.4) is 0 Å². The fourth-order valence-electron chi connectivity index (χ4n) is 1.87. The molecule has 0 aliphatic heterocycles. The van der Waals surface area contributed by atoms with Gasteiger partial charge in [0.1, 0.15) is 0 Å². The summed E-state index contributed by atoms with van der Waals surface area (Å²) in [6.45, 7) is 1.15. The van der Waals surface area contributed by atoms with Crippen molar-refractivity contribution in [2.75, 3.05) is 0 Å². The van der Waals surface area contributed by atoms with Gasteiger partial charge in [-0.1, -0.05) is 13.3 Å². The number of alkyl halides is 6. The quantitative estimate of drug-likeness (QED) is 0.635. The van der Waals surface area contributed by atoms with E-state index in [1.165, 1.54) is 0 Å². The van der Waals surface area contributed by atoms with Gasteiger partial charge in [0.15, 0.2) is 0 Å². The lowest BCUT2D eigenvalue weighted by Crippen LogP contribution is -2.69. The molecule has 2 atom stereocenters. The molecule has 1 aliphatic carbocycles. The van der Waals surface area contributed by atoms with Crippen molar-refractivity contribution in [3.63, 3.8) is 0 Å². The smallest absolute Gasteiger partial charge is 0.351 e. The van der Waals surface area contributed by atoms with Crippen LogP contribution in [-0.4, -0.2) is 34.3 Å². The number of halogens is 6. The second-order valence-electron chi connectivity index (χ2n) is 4.10. The van der Waals surface area contributed by atoms with Gasteiger partial charge < -0.3 is 5.11 Å². The first-order valence-electron chi connectivity index (χ1n) is 5.03. The van der Waals surface area contributed by atoms with E-state index in [9.17, 15) is 31.1 Å². The van der Waals surface area contributed by atoms with Crippen LogP contribution in [0.25, 0.3) is 0 Å². The summed E-state index contributed by atoms with van der Waals surface area (Å²) >= 11 is 0. The third kappa shape index (κ3) is 1.54. The summed E-state index contributed by atoms with van der Waals surface area (Å²) in [7, 11) is 0. The summed E-state index contributed by atoms with van der Waals surface area (Å²) < 4.78 is 80.7. The van der Waals surface area contributed by atoms with Crippen LogP contribution in [0.1, 0.15) is 19.8 Å². The Morgan fingerprint density at radius 3 is 2.00 bits per heavy atom. The first-order valence-corrected chi connectivity index (χ1v) is 5.03. The zero-order chi connectivity index (χ0) is 14.4. The molecule has 1 aliphatic rings. The van der Waals surface area contributed by atoms with Gasteiger partial charge in [-0.2, -0.15) is 17.6 Å². The van der Waals surface area contributed by atoms with Crippen molar-refractivity contribution < 1.29 is 36.2 Å². The number of rotatable bonds is 3. The fraction of sp³-hybridized carbons (Fsp3) is 0.700. The van der Waals surface area contributed by atoms with E-state index in [-0.39, 0.29) is 6.08 Å². The summed E-state index contributed by atoms with van der Waals surface area (Å²) in [4.78, 5) is 10.6. The van der Waals surface area contributed by atoms with Gasteiger partial charge in [-0.25, -0.2) is 13.6 Å². The van der Waals surface area contributed by atoms with E-state index >= 15 is 0 Å². The maximum Gasteiger partial charge on any atom is 0.351 e. The zero-order valence-corrected chi connectivity index (χ0v) is 9.19. The second kappa shape index (κ2) is 3.89. The molecule has 0 bridgehead atoms. The van der Waals surface area contributed by atoms with Crippen molar-refractivity contribution in [1.82, 2.24) is 0 Å². The minimum Gasteiger partial charge on any atom is -0.479 e. The van der Waals surface area contributed by atoms with Crippen LogP contribution in [0.4, 0.5) is 26.3 Å². The summed E-state index contributed by atoms with van der Waals surface area (Å²) in [5.41, 5.74) is -8.69. The van der Waals surface area contributed by atoms with Gasteiger partial charge in [0.2, 0.25) is 5.67 Å². The topological polar surface area (TPSA) is 37.3 Å². The molecule has 0 amide bonds. The molecule has 0 aromatic heterocycles. The Kier molecular flexibility index (Phi) is 3.21. The molecule has 0 aromatic carbocycles. The Balaban J connectivity index is 3.54. The summed E-state index contributed by atoms with van der Waals surface area (Å²) in [5.74, 6) is -13.0. The standard InChI is InChI=1S/C10H10F6O2/c1-2-3-8(12)7(11,6(17)18)4-5-9(13,14)10(8,15)16/h4-5H,2-3H2,1H3,(H,17,18). The van der Waals surface area contributed by atoms with Gasteiger partial charge in [-0.15, -0.1) is 0 Å². The van der Waals surface area contributed by atoms with Crippen LogP contribution >= 0.6 is 0 Å². The predicted molar refractivity (Wildman–Crippen MR) is 49.3 cm³/mol. The van der Waals surface area contributed by atoms with Gasteiger partial charge in [0.05, 0.1) is 0 Å². The van der Waals surface area contributed by atoms with Crippen LogP contribution in [0.5, 0.6) is 0 Å². The molecule has 0 aromatic rings. The number of allylic oxidation sites excluding steroid dienone is 1. The van der Waals surface area contributed by atoms with Gasteiger partial charge in [0.25, 0.3) is 5.67 Å². The highest BCUT2D eigenvalue weighted by atomic mass is 19.3. The predicted octanol–water partition coefficient (Wildman–Crippen LogP) is 3.13. The molecule has 2 nitrogen and oxygen atoms in total. The normalized spacial score (nSPS) is 37.5. The Morgan fingerprint density at radius 1 is 1.11 bits per heavy atom. The maximum atomic E-state index is 14.1. The molecular weight excluding hydrogens is 266 g/mol. The highest BCUT2D eigenvalue weighted by Gasteiger charge is 2.80. The summed E-state index contributed by atoms with van der Waals surface area (Å²) in [5, 5.41) is 8.52. The molecule has 0 saturated heterocycles. The highest BCUT2D eigenvalue weighted by Crippen LogP contribution is 2.57. The Morgan fingerprint density at radius 2 is 1.61 bits per heavy atom. The van der Waals surface area contributed by atoms with E-state index in [1.54, 1.807) is 0 Å². The molecule has 0 fully saturated rings. The Bertz CT molecular complexity index is 394. The van der Waals surface area contributed by atoms with E-state index in [2.05, 4.69) is 0 Å². The van der Waals surface area contributed by atoms with Crippen LogP contribution in [0.15, 0.2) is 12.2 Å². The Labute approximate surface area is 98.3 Å². The van der Waals surface area contributed by atoms with Crippen LogP contribution in [-0.2, 0) is 4.79 Å². The minimum atomic E-state index is -5.45. The number of carboxylic acid groups (broad SMARTS) is 1. The van der Waals surface area contributed by atoms with E-state index in [4.69, 9.17) is 5.11 Å². The lowest BCUT2D eigenvalue weighted by atomic mass is 9.71. The third-order valence-electron chi connectivity index (χ3n) is 2.92. The van der Waals surface area contributed by atoms with Crippen molar-refractivity contribution in [3.8, 4) is 0 Å². The average molecular weight is 276 g/mol. The Hall–Kier alpha value is -1.21. The number of carboxylic acids is 1. The SMILES string of the molecule is CCCC1(F)C(F)(C(=O)O)C=CC(F)(F)C1(F)F. The molecule has 104 valence electrons. The van der Waals surface area contributed by atoms with Crippen molar-refractivity contribution >= 4 is 5.97 Å². The molecule has 0 saturated carbocycles. The molecule has 0 heterocycles. The van der Waals surface area contributed by atoms with Crippen LogP contribution in [0.2, 0.25) is 0 Å². The number of carbonyl (C=O) groups is 1. The van der Waals surface area contributed by atoms with Gasteiger partial charge in [0, 0.05) is 0 Å². The van der Waals surface area contributed by atoms with Crippen molar-refractivity contribution in [1.29, 1.82) is 0 Å². The molecule has 1 rings (SSSR count). The molecule has 2 unspecified atom stereocenters. The van der Waals surface area contributed by atoms with E-state index in [0.29, 0.717) is 0 Å². The van der Waals surface area contributed by atoms with E-state index in [1.807, 2.05) is 0 Å². The molecule has 8 heteroatoms. The molecule has 18 heavy (non-hydrogen) atoms. The zero-order valence-electron chi connectivity index (χ0n) is 9.19. The van der Waals surface area contributed by atoms with Gasteiger partial charge in [-0.05, 0) is 18.6 Å². The van der Waals surface area contributed by atoms with Crippen molar-refractivity contribution in [2.45, 2.75) is 42.9 Å². The lowest BCUT2D eigenvalue weighted by molar-refractivity contribution is -0.286. The van der Waals surface area contributed by atoms with Crippen LogP contribution < -0.4 is 0 Å². The maximum absolute atomic E-state index is 14.1. The first kappa shape index (κ1) is 14.8. The molecule has 0 spiro atoms. The molecule has 1 N–H and O–H groups in total. The second-order valence-corrected chi connectivity index (χ2v) is 4.10. The van der Waals surface area contributed by atoms with E-state index in [0.717, 1.165) is 6.92 Å². The average Bonchev–Trinajstić information content (AvgIpc) is 2.23. The van der Waals surface area contributed by atoms with E-state index < -0.39 is 48.1 Å². The lowest BCUT2D eigenvalue weighted by Gasteiger charge is -2.45. The van der Waals surface area contributed by atoms with Gasteiger partial charge >= 0.3 is 17.8 Å². The van der Waals surface area contributed by atoms with Gasteiger partial charge in [-0.3, -0.25) is 0 Å². The monoisotopic (exact) mass is 276 g/mol. The minimum absolute atomic E-state index is 0.345. The highest BCUT2D eigenvalue weighted by molar-refractivity contribution is 5.83. The van der Waals surface area contributed by atoms with Crippen molar-refractivity contribution in [2.24, 2.45) is 0 Å². The number of hydrogen-bond donors (Lipinski definition) is 1. The third-order valence-corrected chi connectivity index (χ3v) is 2.92. The fourth-order valence-corrected chi connectivity index (χ4v) is 1.87. The van der Waals surface area contributed by atoms with Crippen LogP contribution in [0, 0.1) is 0 Å². The first-order chi connectivity index (χ1) is 7.96.